The molecule has 2 aliphatic rings. The average Bonchev–Trinajstić information content (AvgIpc) is 3.40. The molecule has 5 heteroatoms. The third-order valence-corrected chi connectivity index (χ3v) is 4.86. The van der Waals surface area contributed by atoms with Gasteiger partial charge in [0.2, 0.25) is 0 Å². The number of aromatic nitrogens is 4. The van der Waals surface area contributed by atoms with E-state index < -0.39 is 0 Å². The summed E-state index contributed by atoms with van der Waals surface area (Å²) >= 11 is 1.85. The van der Waals surface area contributed by atoms with Gasteiger partial charge in [-0.15, -0.1) is 10.2 Å². The van der Waals surface area contributed by atoms with Gasteiger partial charge in [0.1, 0.15) is 5.82 Å². The molecular formula is C15H18N4S. The maximum Gasteiger partial charge on any atom is 0.191 e. The zero-order valence-corrected chi connectivity index (χ0v) is 12.2. The van der Waals surface area contributed by atoms with Crippen LogP contribution < -0.4 is 0 Å². The summed E-state index contributed by atoms with van der Waals surface area (Å²) in [5.74, 6) is 3.00. The highest BCUT2D eigenvalue weighted by atomic mass is 32.2. The van der Waals surface area contributed by atoms with Gasteiger partial charge in [0, 0.05) is 30.1 Å². The largest absolute Gasteiger partial charge is 0.303 e. The number of rotatable bonds is 6. The molecule has 0 atom stereocenters. The first kappa shape index (κ1) is 12.4. The van der Waals surface area contributed by atoms with Crippen LogP contribution in [0.5, 0.6) is 0 Å². The van der Waals surface area contributed by atoms with Crippen LogP contribution in [-0.4, -0.2) is 25.5 Å². The van der Waals surface area contributed by atoms with E-state index in [-0.39, 0.29) is 0 Å². The standard InChI is InChI=1S/C15H18N4S/c1-2-12(1)14-17-18-15(19(14)13-3-4-13)20-10-7-11-5-8-16-9-6-11/h5-6,8-9,12-13H,1-4,7,10H2. The first-order valence-corrected chi connectivity index (χ1v) is 8.37. The lowest BCUT2D eigenvalue weighted by atomic mass is 10.2. The fourth-order valence-electron chi connectivity index (χ4n) is 2.49. The van der Waals surface area contributed by atoms with E-state index in [0.29, 0.717) is 12.0 Å². The van der Waals surface area contributed by atoms with Crippen LogP contribution in [0.15, 0.2) is 29.7 Å². The topological polar surface area (TPSA) is 43.6 Å². The van der Waals surface area contributed by atoms with Crippen LogP contribution in [0.4, 0.5) is 0 Å². The lowest BCUT2D eigenvalue weighted by Crippen LogP contribution is -2.02. The van der Waals surface area contributed by atoms with Gasteiger partial charge in [-0.1, -0.05) is 11.8 Å². The highest BCUT2D eigenvalue weighted by Crippen LogP contribution is 2.45. The van der Waals surface area contributed by atoms with Crippen LogP contribution in [0.1, 0.15) is 49.0 Å². The number of aryl methyl sites for hydroxylation is 1. The van der Waals surface area contributed by atoms with Gasteiger partial charge in [-0.2, -0.15) is 0 Å². The summed E-state index contributed by atoms with van der Waals surface area (Å²) in [6, 6.07) is 4.85. The Bertz CT molecular complexity index is 587. The summed E-state index contributed by atoms with van der Waals surface area (Å²) in [6.07, 6.45) is 9.98. The SMILES string of the molecule is c1cc(CCSc2nnc(C3CC3)n2C2CC2)ccn1. The van der Waals surface area contributed by atoms with Crippen LogP contribution in [0, 0.1) is 0 Å². The van der Waals surface area contributed by atoms with Gasteiger partial charge in [0.15, 0.2) is 5.16 Å². The van der Waals surface area contributed by atoms with Gasteiger partial charge in [-0.05, 0) is 49.8 Å². The first-order valence-electron chi connectivity index (χ1n) is 7.38. The van der Waals surface area contributed by atoms with Gasteiger partial charge < -0.3 is 4.57 Å². The minimum atomic E-state index is 0.684. The van der Waals surface area contributed by atoms with Crippen molar-refractivity contribution in [1.82, 2.24) is 19.7 Å². The third-order valence-electron chi connectivity index (χ3n) is 3.92. The van der Waals surface area contributed by atoms with E-state index in [1.54, 1.807) is 0 Å². The summed E-state index contributed by atoms with van der Waals surface area (Å²) in [7, 11) is 0. The fraction of sp³-hybridized carbons (Fsp3) is 0.533. The van der Waals surface area contributed by atoms with Crippen LogP contribution in [0.2, 0.25) is 0 Å². The van der Waals surface area contributed by atoms with Crippen LogP contribution >= 0.6 is 11.8 Å². The van der Waals surface area contributed by atoms with Crippen LogP contribution in [-0.2, 0) is 6.42 Å². The summed E-state index contributed by atoms with van der Waals surface area (Å²) in [5.41, 5.74) is 1.34. The minimum Gasteiger partial charge on any atom is -0.303 e. The molecule has 2 heterocycles. The van der Waals surface area contributed by atoms with Crippen LogP contribution in [0.25, 0.3) is 0 Å². The number of nitrogens with zero attached hydrogens (tertiary/aromatic N) is 4. The Hall–Kier alpha value is -1.36. The van der Waals surface area contributed by atoms with E-state index in [4.69, 9.17) is 0 Å². The maximum atomic E-state index is 4.45. The molecule has 2 aromatic rings. The normalized spacial score (nSPS) is 18.4. The van der Waals surface area contributed by atoms with Crippen molar-refractivity contribution < 1.29 is 0 Å². The number of hydrogen-bond donors (Lipinski definition) is 0. The number of pyridine rings is 1. The van der Waals surface area contributed by atoms with Crippen molar-refractivity contribution in [2.75, 3.05) is 5.75 Å². The zero-order chi connectivity index (χ0) is 13.4. The van der Waals surface area contributed by atoms with E-state index in [0.717, 1.165) is 17.3 Å². The highest BCUT2D eigenvalue weighted by molar-refractivity contribution is 7.99. The molecule has 2 aromatic heterocycles. The molecule has 104 valence electrons. The molecule has 0 bridgehead atoms. The van der Waals surface area contributed by atoms with Crippen molar-refractivity contribution in [1.29, 1.82) is 0 Å². The number of thioether (sulfide) groups is 1. The second-order valence-electron chi connectivity index (χ2n) is 5.67. The molecule has 0 radical (unpaired) electrons. The Labute approximate surface area is 123 Å². The lowest BCUT2D eigenvalue weighted by Gasteiger charge is -2.07. The summed E-state index contributed by atoms with van der Waals surface area (Å²) in [6.45, 7) is 0. The fourth-order valence-corrected chi connectivity index (χ4v) is 3.49. The molecule has 0 unspecified atom stereocenters. The Morgan fingerprint density at radius 3 is 2.60 bits per heavy atom. The summed E-state index contributed by atoms with van der Waals surface area (Å²) in [4.78, 5) is 4.05. The predicted molar refractivity (Wildman–Crippen MR) is 78.9 cm³/mol. The minimum absolute atomic E-state index is 0.684. The Morgan fingerprint density at radius 2 is 1.90 bits per heavy atom. The van der Waals surface area contributed by atoms with E-state index >= 15 is 0 Å². The lowest BCUT2D eigenvalue weighted by molar-refractivity contribution is 0.627. The van der Waals surface area contributed by atoms with Crippen LogP contribution in [0.3, 0.4) is 0 Å². The quantitative estimate of drug-likeness (QED) is 0.765. The Kier molecular flexibility index (Phi) is 3.22. The molecule has 4 nitrogen and oxygen atoms in total. The van der Waals surface area contributed by atoms with Gasteiger partial charge in [0.05, 0.1) is 0 Å². The van der Waals surface area contributed by atoms with Crippen molar-refractivity contribution >= 4 is 11.8 Å². The molecule has 0 aromatic carbocycles. The molecule has 0 aliphatic heterocycles. The Balaban J connectivity index is 1.43. The van der Waals surface area contributed by atoms with Gasteiger partial charge in [0.25, 0.3) is 0 Å². The predicted octanol–water partition coefficient (Wildman–Crippen LogP) is 3.22. The third kappa shape index (κ3) is 2.59. The first-order chi connectivity index (χ1) is 9.92. The molecule has 2 aliphatic carbocycles. The molecule has 2 saturated carbocycles. The van der Waals surface area contributed by atoms with Crippen molar-refractivity contribution in [3.05, 3.63) is 35.9 Å². The summed E-state index contributed by atoms with van der Waals surface area (Å²) in [5, 5.41) is 10.0. The van der Waals surface area contributed by atoms with Crippen molar-refractivity contribution in [3.8, 4) is 0 Å². The molecule has 4 rings (SSSR count). The van der Waals surface area contributed by atoms with E-state index in [2.05, 4.69) is 31.9 Å². The molecule has 0 amide bonds. The maximum absolute atomic E-state index is 4.45. The van der Waals surface area contributed by atoms with Crippen molar-refractivity contribution in [2.45, 2.75) is 49.2 Å². The smallest absolute Gasteiger partial charge is 0.191 e. The van der Waals surface area contributed by atoms with E-state index in [9.17, 15) is 0 Å². The van der Waals surface area contributed by atoms with Crippen molar-refractivity contribution in [3.63, 3.8) is 0 Å². The zero-order valence-electron chi connectivity index (χ0n) is 11.4. The van der Waals surface area contributed by atoms with E-state index in [1.165, 1.54) is 37.1 Å². The molecular weight excluding hydrogens is 268 g/mol. The van der Waals surface area contributed by atoms with E-state index in [1.807, 2.05) is 24.2 Å². The monoisotopic (exact) mass is 286 g/mol. The second-order valence-corrected chi connectivity index (χ2v) is 6.73. The molecule has 2 fully saturated rings. The van der Waals surface area contributed by atoms with Gasteiger partial charge in [-0.25, -0.2) is 0 Å². The van der Waals surface area contributed by atoms with Crippen molar-refractivity contribution in [2.24, 2.45) is 0 Å². The molecule has 0 spiro atoms. The summed E-state index contributed by atoms with van der Waals surface area (Å²) < 4.78 is 2.43. The molecule has 0 saturated heterocycles. The molecule has 0 N–H and O–H groups in total. The highest BCUT2D eigenvalue weighted by Gasteiger charge is 2.36. The van der Waals surface area contributed by atoms with Gasteiger partial charge >= 0.3 is 0 Å². The second kappa shape index (κ2) is 5.20. The average molecular weight is 286 g/mol. The van der Waals surface area contributed by atoms with Gasteiger partial charge in [-0.3, -0.25) is 4.98 Å². The molecule has 20 heavy (non-hydrogen) atoms. The Morgan fingerprint density at radius 1 is 1.10 bits per heavy atom. The number of hydrogen-bond acceptors (Lipinski definition) is 4.